The van der Waals surface area contributed by atoms with Gasteiger partial charge in [0.2, 0.25) is 0 Å². The lowest BCUT2D eigenvalue weighted by molar-refractivity contribution is 0.345. The van der Waals surface area contributed by atoms with Crippen molar-refractivity contribution in [3.05, 3.63) is 72.6 Å². The number of hydrogen-bond donors (Lipinski definition) is 0. The minimum absolute atomic E-state index is 0. The molecule has 2 aromatic heterocycles. The van der Waals surface area contributed by atoms with Crippen LogP contribution in [-0.4, -0.2) is 34.5 Å². The molecule has 1 aromatic carbocycles. The third kappa shape index (κ3) is 2.70. The molecule has 3 nitrogen and oxygen atoms in total. The van der Waals surface area contributed by atoms with E-state index in [9.17, 15) is 0 Å². The Balaban J connectivity index is 0.00000157. The zero-order chi connectivity index (χ0) is 16.0. The topological polar surface area (TPSA) is 29.0 Å². The van der Waals surface area contributed by atoms with Crippen molar-refractivity contribution in [2.24, 2.45) is 0 Å². The highest BCUT2D eigenvalue weighted by atomic mass is 79.9. The molecular formula is C21H20BrN3. The Morgan fingerprint density at radius 1 is 1.00 bits per heavy atom. The number of fused-ring (bicyclic) bond motifs is 3. The molecule has 2 atom stereocenters. The summed E-state index contributed by atoms with van der Waals surface area (Å²) in [5, 5.41) is 1.15. The van der Waals surface area contributed by atoms with Crippen LogP contribution in [0.25, 0.3) is 22.2 Å². The number of aromatic nitrogens is 2. The van der Waals surface area contributed by atoms with Crippen molar-refractivity contribution in [2.45, 2.75) is 11.8 Å². The largest absolute Gasteiger partial charge is 0.298 e. The Labute approximate surface area is 158 Å². The fourth-order valence-corrected chi connectivity index (χ4v) is 4.12. The summed E-state index contributed by atoms with van der Waals surface area (Å²) in [7, 11) is 0. The average molecular weight is 394 g/mol. The van der Waals surface area contributed by atoms with Crippen LogP contribution in [0.3, 0.4) is 0 Å². The molecule has 0 N–H and O–H groups in total. The lowest BCUT2D eigenvalue weighted by Gasteiger charge is -2.29. The first-order valence-corrected chi connectivity index (χ1v) is 8.55. The molecule has 4 heterocycles. The van der Waals surface area contributed by atoms with Crippen LogP contribution >= 0.6 is 17.0 Å². The molecular weight excluding hydrogens is 374 g/mol. The molecule has 0 aliphatic carbocycles. The van der Waals surface area contributed by atoms with E-state index in [1.54, 1.807) is 0 Å². The minimum atomic E-state index is 0. The SMILES string of the molecule is Br.C1=CC2(c3ccc(-c4cccc5cccnc45)nc3)CCN(C1)C2. The van der Waals surface area contributed by atoms with E-state index in [0.29, 0.717) is 0 Å². The van der Waals surface area contributed by atoms with Crippen molar-refractivity contribution >= 4 is 27.9 Å². The van der Waals surface area contributed by atoms with Gasteiger partial charge in [-0.25, -0.2) is 0 Å². The zero-order valence-electron chi connectivity index (χ0n) is 13.9. The van der Waals surface area contributed by atoms with Gasteiger partial charge in [-0.3, -0.25) is 14.9 Å². The number of pyridine rings is 2. The van der Waals surface area contributed by atoms with E-state index in [1.807, 2.05) is 12.3 Å². The van der Waals surface area contributed by atoms with Crippen molar-refractivity contribution in [2.75, 3.05) is 19.6 Å². The summed E-state index contributed by atoms with van der Waals surface area (Å²) < 4.78 is 0. The van der Waals surface area contributed by atoms with E-state index in [-0.39, 0.29) is 22.4 Å². The predicted octanol–water partition coefficient (Wildman–Crippen LogP) is 4.39. The first-order chi connectivity index (χ1) is 11.8. The van der Waals surface area contributed by atoms with Crippen LogP contribution in [0.15, 0.2) is 67.0 Å². The maximum absolute atomic E-state index is 4.79. The van der Waals surface area contributed by atoms with E-state index in [4.69, 9.17) is 4.98 Å². The van der Waals surface area contributed by atoms with Gasteiger partial charge in [-0.1, -0.05) is 42.5 Å². The first-order valence-electron chi connectivity index (χ1n) is 8.55. The minimum Gasteiger partial charge on any atom is -0.298 e. The van der Waals surface area contributed by atoms with Gasteiger partial charge in [0.1, 0.15) is 0 Å². The molecule has 0 spiro atoms. The summed E-state index contributed by atoms with van der Waals surface area (Å²) >= 11 is 0. The standard InChI is InChI=1S/C21H19N3.BrH/c1-4-16-5-2-11-22-20(16)18(6-1)19-8-7-17(14-23-19)21-9-3-12-24(15-21)13-10-21;/h1-9,11,14H,10,12-13,15H2;1H. The second kappa shape index (κ2) is 6.36. The van der Waals surface area contributed by atoms with Gasteiger partial charge in [0.25, 0.3) is 0 Å². The molecule has 4 heteroatoms. The highest BCUT2D eigenvalue weighted by Gasteiger charge is 2.39. The van der Waals surface area contributed by atoms with Crippen molar-refractivity contribution < 1.29 is 0 Å². The third-order valence-electron chi connectivity index (χ3n) is 5.43. The maximum Gasteiger partial charge on any atom is 0.0795 e. The molecule has 126 valence electrons. The van der Waals surface area contributed by atoms with Gasteiger partial charge in [0.05, 0.1) is 11.2 Å². The first kappa shape index (κ1) is 16.4. The summed E-state index contributed by atoms with van der Waals surface area (Å²) in [6, 6.07) is 14.8. The smallest absolute Gasteiger partial charge is 0.0795 e. The molecule has 2 bridgehead atoms. The van der Waals surface area contributed by atoms with Crippen molar-refractivity contribution in [3.8, 4) is 11.3 Å². The van der Waals surface area contributed by atoms with Crippen LogP contribution in [0.1, 0.15) is 12.0 Å². The van der Waals surface area contributed by atoms with Crippen LogP contribution in [0, 0.1) is 0 Å². The van der Waals surface area contributed by atoms with Crippen molar-refractivity contribution in [1.29, 1.82) is 0 Å². The Morgan fingerprint density at radius 3 is 2.80 bits per heavy atom. The molecule has 5 rings (SSSR count). The summed E-state index contributed by atoms with van der Waals surface area (Å²) in [6.45, 7) is 3.40. The molecule has 3 aromatic rings. The molecule has 0 amide bonds. The predicted molar refractivity (Wildman–Crippen MR) is 107 cm³/mol. The van der Waals surface area contributed by atoms with Crippen molar-refractivity contribution in [1.82, 2.24) is 14.9 Å². The van der Waals surface area contributed by atoms with E-state index in [2.05, 4.69) is 64.6 Å². The highest BCUT2D eigenvalue weighted by molar-refractivity contribution is 8.93. The summed E-state index contributed by atoms with van der Waals surface area (Å²) in [5.74, 6) is 0. The summed E-state index contributed by atoms with van der Waals surface area (Å²) in [5.41, 5.74) is 4.61. The maximum atomic E-state index is 4.79. The summed E-state index contributed by atoms with van der Waals surface area (Å²) in [4.78, 5) is 11.9. The molecule has 0 radical (unpaired) electrons. The Kier molecular flexibility index (Phi) is 4.18. The van der Waals surface area contributed by atoms with Crippen LogP contribution in [0.5, 0.6) is 0 Å². The lowest BCUT2D eigenvalue weighted by atomic mass is 9.79. The number of benzene rings is 1. The fraction of sp³-hybridized carbons (Fsp3) is 0.238. The van der Waals surface area contributed by atoms with Crippen LogP contribution in [0.4, 0.5) is 0 Å². The van der Waals surface area contributed by atoms with Crippen LogP contribution < -0.4 is 0 Å². The van der Waals surface area contributed by atoms with Gasteiger partial charge < -0.3 is 0 Å². The fourth-order valence-electron chi connectivity index (χ4n) is 4.12. The molecule has 25 heavy (non-hydrogen) atoms. The number of halogens is 1. The Hall–Kier alpha value is -2.04. The molecule has 2 aliphatic heterocycles. The van der Waals surface area contributed by atoms with E-state index in [1.165, 1.54) is 18.5 Å². The number of nitrogens with zero attached hydrogens (tertiary/aromatic N) is 3. The monoisotopic (exact) mass is 393 g/mol. The van der Waals surface area contributed by atoms with E-state index >= 15 is 0 Å². The van der Waals surface area contributed by atoms with Gasteiger partial charge in [-0.2, -0.15) is 0 Å². The van der Waals surface area contributed by atoms with Crippen LogP contribution in [0.2, 0.25) is 0 Å². The van der Waals surface area contributed by atoms with Crippen molar-refractivity contribution in [3.63, 3.8) is 0 Å². The van der Waals surface area contributed by atoms with Crippen LogP contribution in [-0.2, 0) is 5.41 Å². The number of hydrogen-bond acceptors (Lipinski definition) is 3. The third-order valence-corrected chi connectivity index (χ3v) is 5.43. The molecule has 1 saturated heterocycles. The summed E-state index contributed by atoms with van der Waals surface area (Å²) in [6.07, 6.45) is 9.81. The second-order valence-electron chi connectivity index (χ2n) is 6.86. The number of para-hydroxylation sites is 1. The normalized spacial score (nSPS) is 24.2. The van der Waals surface area contributed by atoms with Gasteiger partial charge in [-0.15, -0.1) is 17.0 Å². The molecule has 1 fully saturated rings. The van der Waals surface area contributed by atoms with Gasteiger partial charge in [0.15, 0.2) is 0 Å². The quantitative estimate of drug-likeness (QED) is 0.604. The lowest BCUT2D eigenvalue weighted by Crippen LogP contribution is -2.33. The Bertz CT molecular complexity index is 930. The molecule has 0 saturated carbocycles. The second-order valence-corrected chi connectivity index (χ2v) is 6.86. The van der Waals surface area contributed by atoms with Gasteiger partial charge >= 0.3 is 0 Å². The highest BCUT2D eigenvalue weighted by Crippen LogP contribution is 2.38. The average Bonchev–Trinajstić information content (AvgIpc) is 2.96. The van der Waals surface area contributed by atoms with E-state index in [0.717, 1.165) is 35.2 Å². The van der Waals surface area contributed by atoms with Gasteiger partial charge in [-0.05, 0) is 30.7 Å². The van der Waals surface area contributed by atoms with E-state index < -0.39 is 0 Å². The molecule has 2 aliphatic rings. The Morgan fingerprint density at radius 2 is 1.92 bits per heavy atom. The zero-order valence-corrected chi connectivity index (χ0v) is 15.6. The molecule has 2 unspecified atom stereocenters. The van der Waals surface area contributed by atoms with Gasteiger partial charge in [0, 0.05) is 41.8 Å². The number of rotatable bonds is 2.